The molecule has 6 aromatic rings. The summed E-state index contributed by atoms with van der Waals surface area (Å²) in [7, 11) is 1.69. The highest BCUT2D eigenvalue weighted by Crippen LogP contribution is 2.32. The predicted molar refractivity (Wildman–Crippen MR) is 157 cm³/mol. The largest absolute Gasteiger partial charge is 0.383 e. The van der Waals surface area contributed by atoms with E-state index in [1.54, 1.807) is 16.3 Å². The normalized spacial score (nSPS) is 12.3. The summed E-state index contributed by atoms with van der Waals surface area (Å²) in [6.07, 6.45) is 0.588. The number of nitrogens with two attached hydrogens (primary N) is 1. The van der Waals surface area contributed by atoms with E-state index in [1.807, 2.05) is 86.6 Å². The zero-order valence-electron chi connectivity index (χ0n) is 22.5. The van der Waals surface area contributed by atoms with Gasteiger partial charge in [0.05, 0.1) is 23.0 Å². The number of aliphatic hydroxyl groups is 1. The monoisotopic (exact) mass is 531 g/mol. The zero-order chi connectivity index (χ0) is 28.0. The molecular weight excluding hydrogens is 502 g/mol. The highest BCUT2D eigenvalue weighted by molar-refractivity contribution is 5.98. The molecule has 0 saturated carbocycles. The molecule has 4 N–H and O–H groups in total. The lowest BCUT2D eigenvalue weighted by Gasteiger charge is -2.17. The molecule has 0 aliphatic carbocycles. The Bertz CT molecular complexity index is 1960. The molecule has 40 heavy (non-hydrogen) atoms. The molecule has 0 spiro atoms. The number of aryl methyl sites for hydroxylation is 2. The van der Waals surface area contributed by atoms with Crippen molar-refractivity contribution >= 4 is 27.6 Å². The Morgan fingerprint density at radius 3 is 2.52 bits per heavy atom. The van der Waals surface area contributed by atoms with E-state index in [0.29, 0.717) is 33.5 Å². The maximum atomic E-state index is 14.0. The lowest BCUT2D eigenvalue weighted by atomic mass is 10.1. The Morgan fingerprint density at radius 1 is 0.950 bits per heavy atom. The van der Waals surface area contributed by atoms with Crippen molar-refractivity contribution in [3.63, 3.8) is 0 Å². The third-order valence-corrected chi connectivity index (χ3v) is 7.31. The molecule has 0 radical (unpaired) electrons. The minimum absolute atomic E-state index is 0.0838. The van der Waals surface area contributed by atoms with Gasteiger partial charge in [-0.25, -0.2) is 14.6 Å². The Morgan fingerprint density at radius 2 is 1.73 bits per heavy atom. The number of fused-ring (bicyclic) bond motifs is 2. The predicted octanol–water partition coefficient (Wildman–Crippen LogP) is 4.26. The molecule has 9 heteroatoms. The number of pyridine rings is 1. The van der Waals surface area contributed by atoms with Crippen molar-refractivity contribution in [3.8, 4) is 16.9 Å². The van der Waals surface area contributed by atoms with E-state index in [9.17, 15) is 9.90 Å². The summed E-state index contributed by atoms with van der Waals surface area (Å²) in [6, 6.07) is 23.2. The molecule has 6 rings (SSSR count). The Balaban J connectivity index is 1.59. The molecule has 0 fully saturated rings. The minimum atomic E-state index is -0.827. The summed E-state index contributed by atoms with van der Waals surface area (Å²) in [5, 5.41) is 20.3. The van der Waals surface area contributed by atoms with Crippen molar-refractivity contribution in [2.75, 3.05) is 12.8 Å². The first kappa shape index (κ1) is 25.4. The second-order valence-corrected chi connectivity index (χ2v) is 9.88. The van der Waals surface area contributed by atoms with E-state index in [0.717, 1.165) is 33.5 Å². The van der Waals surface area contributed by atoms with Crippen molar-refractivity contribution in [3.05, 3.63) is 112 Å². The number of hydrogen-bond donors (Lipinski definition) is 3. The third-order valence-electron chi connectivity index (χ3n) is 7.31. The van der Waals surface area contributed by atoms with Gasteiger partial charge in [0.1, 0.15) is 24.1 Å². The van der Waals surface area contributed by atoms with Crippen LogP contribution < -0.4 is 16.6 Å². The summed E-state index contributed by atoms with van der Waals surface area (Å²) in [4.78, 5) is 22.8. The van der Waals surface area contributed by atoms with Crippen LogP contribution in [-0.2, 0) is 6.54 Å². The van der Waals surface area contributed by atoms with Crippen molar-refractivity contribution in [2.45, 2.75) is 26.6 Å². The molecule has 9 nitrogen and oxygen atoms in total. The van der Waals surface area contributed by atoms with E-state index in [4.69, 9.17) is 10.8 Å². The van der Waals surface area contributed by atoms with Gasteiger partial charge in [-0.3, -0.25) is 14.7 Å². The van der Waals surface area contributed by atoms with Crippen LogP contribution in [0.5, 0.6) is 0 Å². The van der Waals surface area contributed by atoms with Crippen LogP contribution in [0.1, 0.15) is 28.6 Å². The van der Waals surface area contributed by atoms with Crippen LogP contribution in [0, 0.1) is 13.8 Å². The average molecular weight is 532 g/mol. The highest BCUT2D eigenvalue weighted by Gasteiger charge is 2.21. The fraction of sp³-hybridized carbons (Fsp3) is 0.161. The van der Waals surface area contributed by atoms with Crippen molar-refractivity contribution in [1.82, 2.24) is 29.6 Å². The second kappa shape index (κ2) is 10.0. The molecule has 0 bridgehead atoms. The lowest BCUT2D eigenvalue weighted by Crippen LogP contribution is -2.25. The number of aliphatic hydroxyl groups excluding tert-OH is 1. The SMILES string of the molecule is CNC(O)c1cccc(-c2nn(Cc3cc4cccc(C)c4c(=O)n3-c3ccccc3C)c3ncnc(N)c23)c1. The number of anilines is 1. The van der Waals surface area contributed by atoms with Gasteiger partial charge in [-0.15, -0.1) is 0 Å². The number of hydrogen-bond acceptors (Lipinski definition) is 7. The van der Waals surface area contributed by atoms with Crippen molar-refractivity contribution in [1.29, 1.82) is 0 Å². The van der Waals surface area contributed by atoms with Gasteiger partial charge in [0.15, 0.2) is 5.65 Å². The smallest absolute Gasteiger partial charge is 0.263 e. The molecule has 0 aliphatic rings. The highest BCUT2D eigenvalue weighted by atomic mass is 16.3. The maximum Gasteiger partial charge on any atom is 0.263 e. The van der Waals surface area contributed by atoms with Gasteiger partial charge < -0.3 is 10.8 Å². The van der Waals surface area contributed by atoms with E-state index < -0.39 is 6.23 Å². The molecule has 3 heterocycles. The third kappa shape index (κ3) is 4.21. The van der Waals surface area contributed by atoms with Gasteiger partial charge in [0.2, 0.25) is 0 Å². The van der Waals surface area contributed by atoms with Gasteiger partial charge in [-0.2, -0.15) is 5.10 Å². The van der Waals surface area contributed by atoms with Gasteiger partial charge in [-0.05, 0) is 61.2 Å². The van der Waals surface area contributed by atoms with Gasteiger partial charge in [-0.1, -0.05) is 54.6 Å². The molecule has 3 aromatic carbocycles. The van der Waals surface area contributed by atoms with Crippen LogP contribution in [0.2, 0.25) is 0 Å². The minimum Gasteiger partial charge on any atom is -0.383 e. The first-order valence-corrected chi connectivity index (χ1v) is 13.0. The number of rotatable bonds is 6. The fourth-order valence-electron chi connectivity index (χ4n) is 5.30. The number of benzene rings is 3. The van der Waals surface area contributed by atoms with E-state index in [-0.39, 0.29) is 12.1 Å². The summed E-state index contributed by atoms with van der Waals surface area (Å²) in [5.41, 5.74) is 12.4. The summed E-state index contributed by atoms with van der Waals surface area (Å²) in [6.45, 7) is 4.21. The van der Waals surface area contributed by atoms with Gasteiger partial charge in [0.25, 0.3) is 5.56 Å². The van der Waals surface area contributed by atoms with Crippen LogP contribution >= 0.6 is 0 Å². The molecule has 1 atom stereocenters. The summed E-state index contributed by atoms with van der Waals surface area (Å²) in [5.74, 6) is 0.302. The quantitative estimate of drug-likeness (QED) is 0.275. The number of nitrogen functional groups attached to an aromatic ring is 1. The number of nitrogens with zero attached hydrogens (tertiary/aromatic N) is 5. The van der Waals surface area contributed by atoms with Crippen LogP contribution in [0.3, 0.4) is 0 Å². The van der Waals surface area contributed by atoms with Crippen LogP contribution in [0.4, 0.5) is 5.82 Å². The first-order valence-electron chi connectivity index (χ1n) is 13.0. The lowest BCUT2D eigenvalue weighted by molar-refractivity contribution is 0.149. The number of para-hydroxylation sites is 1. The molecule has 0 amide bonds. The molecule has 200 valence electrons. The molecule has 3 aromatic heterocycles. The molecular formula is C31H29N7O2. The van der Waals surface area contributed by atoms with Gasteiger partial charge in [0, 0.05) is 11.3 Å². The summed E-state index contributed by atoms with van der Waals surface area (Å²) < 4.78 is 3.53. The van der Waals surface area contributed by atoms with E-state index >= 15 is 0 Å². The zero-order valence-corrected chi connectivity index (χ0v) is 22.5. The Hall–Kier alpha value is -4.86. The standard InChI is InChI=1S/C31H29N7O2/c1-18-8-4-5-13-24(18)38-23(15-20-10-6-9-19(2)25(20)31(38)40)16-37-29-26(28(32)34-17-35-29)27(36-37)21-11-7-12-22(14-21)30(39)33-3/h4-15,17,30,33,39H,16H2,1-3H3,(H2,32,34,35). The average Bonchev–Trinajstić information content (AvgIpc) is 3.33. The van der Waals surface area contributed by atoms with Crippen LogP contribution in [-0.4, -0.2) is 36.5 Å². The first-order chi connectivity index (χ1) is 19.4. The fourth-order valence-corrected chi connectivity index (χ4v) is 5.30. The van der Waals surface area contributed by atoms with Crippen molar-refractivity contribution in [2.24, 2.45) is 0 Å². The number of aromatic nitrogens is 5. The topological polar surface area (TPSA) is 124 Å². The molecule has 1 unspecified atom stereocenters. The van der Waals surface area contributed by atoms with E-state index in [2.05, 4.69) is 15.3 Å². The Kier molecular flexibility index (Phi) is 6.37. The molecule has 0 saturated heterocycles. The number of nitrogens with one attached hydrogen (secondary N) is 1. The van der Waals surface area contributed by atoms with Crippen LogP contribution in [0.15, 0.2) is 83.9 Å². The summed E-state index contributed by atoms with van der Waals surface area (Å²) >= 11 is 0. The molecule has 0 aliphatic heterocycles. The van der Waals surface area contributed by atoms with E-state index in [1.165, 1.54) is 6.33 Å². The van der Waals surface area contributed by atoms with Crippen molar-refractivity contribution < 1.29 is 5.11 Å². The van der Waals surface area contributed by atoms with Crippen LogP contribution in [0.25, 0.3) is 38.8 Å². The Labute approximate surface area is 230 Å². The maximum absolute atomic E-state index is 14.0. The second-order valence-electron chi connectivity index (χ2n) is 9.88. The van der Waals surface area contributed by atoms with Gasteiger partial charge >= 0.3 is 0 Å².